The highest BCUT2D eigenvalue weighted by Gasteiger charge is 2.59. The van der Waals surface area contributed by atoms with Gasteiger partial charge in [0.15, 0.2) is 0 Å². The second-order valence-electron chi connectivity index (χ2n) is 6.32. The first-order valence-corrected chi connectivity index (χ1v) is 7.60. The Hall–Kier alpha value is -2.57. The normalized spacial score (nSPS) is 21.7. The SMILES string of the molecule is NC(=O)Nc1cccc(C(=O)N2CCC3(CC2)CC3C(=O)O)c1. The molecule has 1 aliphatic carbocycles. The number of amides is 3. The maximum absolute atomic E-state index is 12.6. The minimum Gasteiger partial charge on any atom is -0.481 e. The lowest BCUT2D eigenvalue weighted by Gasteiger charge is -2.32. The summed E-state index contributed by atoms with van der Waals surface area (Å²) in [5.74, 6) is -1.08. The molecular formula is C16H19N3O4. The van der Waals surface area contributed by atoms with Crippen LogP contribution >= 0.6 is 0 Å². The number of carboxylic acid groups (broad SMARTS) is 1. The number of nitrogens with two attached hydrogens (primary N) is 1. The zero-order valence-electron chi connectivity index (χ0n) is 12.6. The highest BCUT2D eigenvalue weighted by atomic mass is 16.4. The summed E-state index contributed by atoms with van der Waals surface area (Å²) in [5.41, 5.74) is 5.94. The molecule has 2 fully saturated rings. The van der Waals surface area contributed by atoms with Gasteiger partial charge in [0.1, 0.15) is 0 Å². The Morgan fingerprint density at radius 1 is 1.26 bits per heavy atom. The topological polar surface area (TPSA) is 113 Å². The molecule has 1 aromatic carbocycles. The largest absolute Gasteiger partial charge is 0.481 e. The number of primary amides is 1. The summed E-state index contributed by atoms with van der Waals surface area (Å²) in [6.45, 7) is 1.13. The Kier molecular flexibility index (Phi) is 3.71. The number of benzene rings is 1. The number of anilines is 1. The van der Waals surface area contributed by atoms with Gasteiger partial charge in [-0.05, 0) is 42.9 Å². The predicted octanol–water partition coefficient (Wildman–Crippen LogP) is 1.50. The molecule has 122 valence electrons. The molecule has 1 saturated carbocycles. The summed E-state index contributed by atoms with van der Waals surface area (Å²) in [6, 6.07) is 5.95. The lowest BCUT2D eigenvalue weighted by molar-refractivity contribution is -0.139. The van der Waals surface area contributed by atoms with Crippen molar-refractivity contribution >= 4 is 23.6 Å². The molecule has 3 amide bonds. The van der Waals surface area contributed by atoms with Crippen LogP contribution < -0.4 is 11.1 Å². The monoisotopic (exact) mass is 317 g/mol. The Morgan fingerprint density at radius 3 is 2.52 bits per heavy atom. The lowest BCUT2D eigenvalue weighted by atomic mass is 9.90. The molecule has 1 spiro atoms. The second-order valence-corrected chi connectivity index (χ2v) is 6.32. The van der Waals surface area contributed by atoms with Crippen LogP contribution in [0, 0.1) is 11.3 Å². The summed E-state index contributed by atoms with van der Waals surface area (Å²) >= 11 is 0. The fourth-order valence-electron chi connectivity index (χ4n) is 3.46. The molecule has 7 heteroatoms. The average Bonchev–Trinajstić information content (AvgIpc) is 3.21. The van der Waals surface area contributed by atoms with Gasteiger partial charge in [0.05, 0.1) is 5.92 Å². The minimum absolute atomic E-state index is 0.0992. The number of urea groups is 1. The first kappa shape index (κ1) is 15.3. The third kappa shape index (κ3) is 2.99. The van der Waals surface area contributed by atoms with Crippen molar-refractivity contribution in [2.75, 3.05) is 18.4 Å². The number of hydrogen-bond acceptors (Lipinski definition) is 3. The maximum atomic E-state index is 12.6. The van der Waals surface area contributed by atoms with Crippen LogP contribution in [0.4, 0.5) is 10.5 Å². The van der Waals surface area contributed by atoms with E-state index < -0.39 is 12.0 Å². The van der Waals surface area contributed by atoms with Crippen molar-refractivity contribution in [2.24, 2.45) is 17.1 Å². The minimum atomic E-state index is -0.727. The third-order valence-corrected chi connectivity index (χ3v) is 4.91. The number of hydrogen-bond donors (Lipinski definition) is 3. The molecule has 2 aliphatic rings. The smallest absolute Gasteiger partial charge is 0.316 e. The Labute approximate surface area is 133 Å². The number of nitrogens with one attached hydrogen (secondary N) is 1. The third-order valence-electron chi connectivity index (χ3n) is 4.91. The zero-order valence-corrected chi connectivity index (χ0v) is 12.6. The van der Waals surface area contributed by atoms with Gasteiger partial charge in [-0.1, -0.05) is 6.07 Å². The standard InChI is InChI=1S/C16H19N3O4/c17-15(23)18-11-3-1-2-10(8-11)13(20)19-6-4-16(5-7-19)9-12(16)14(21)22/h1-3,8,12H,4-7,9H2,(H,21,22)(H3,17,18,23). The number of piperidine rings is 1. The van der Waals surface area contributed by atoms with E-state index in [1.807, 2.05) is 0 Å². The molecule has 7 nitrogen and oxygen atoms in total. The Balaban J connectivity index is 1.64. The zero-order chi connectivity index (χ0) is 16.6. The van der Waals surface area contributed by atoms with Crippen LogP contribution in [-0.4, -0.2) is 41.0 Å². The second kappa shape index (κ2) is 5.57. The van der Waals surface area contributed by atoms with Crippen molar-refractivity contribution in [3.63, 3.8) is 0 Å². The number of carbonyl (C=O) groups excluding carboxylic acids is 2. The van der Waals surface area contributed by atoms with Crippen molar-refractivity contribution in [2.45, 2.75) is 19.3 Å². The van der Waals surface area contributed by atoms with Gasteiger partial charge < -0.3 is 21.1 Å². The summed E-state index contributed by atoms with van der Waals surface area (Å²) in [5, 5.41) is 11.5. The Bertz CT molecular complexity index is 665. The summed E-state index contributed by atoms with van der Waals surface area (Å²) in [4.78, 5) is 36.2. The van der Waals surface area contributed by atoms with Gasteiger partial charge in [-0.3, -0.25) is 9.59 Å². The molecule has 0 radical (unpaired) electrons. The molecule has 1 saturated heterocycles. The van der Waals surface area contributed by atoms with Gasteiger partial charge >= 0.3 is 12.0 Å². The highest BCUT2D eigenvalue weighted by Crippen LogP contribution is 2.59. The highest BCUT2D eigenvalue weighted by molar-refractivity contribution is 5.96. The molecular weight excluding hydrogens is 298 g/mol. The molecule has 1 aliphatic heterocycles. The van der Waals surface area contributed by atoms with Crippen molar-refractivity contribution < 1.29 is 19.5 Å². The van der Waals surface area contributed by atoms with E-state index in [9.17, 15) is 14.4 Å². The van der Waals surface area contributed by atoms with Crippen LogP contribution in [0.2, 0.25) is 0 Å². The van der Waals surface area contributed by atoms with E-state index in [0.717, 1.165) is 19.3 Å². The predicted molar refractivity (Wildman–Crippen MR) is 83.0 cm³/mol. The van der Waals surface area contributed by atoms with E-state index in [0.29, 0.717) is 24.3 Å². The van der Waals surface area contributed by atoms with Crippen LogP contribution in [0.5, 0.6) is 0 Å². The molecule has 0 bridgehead atoms. The van der Waals surface area contributed by atoms with Gasteiger partial charge in [-0.2, -0.15) is 0 Å². The van der Waals surface area contributed by atoms with Crippen LogP contribution in [0.25, 0.3) is 0 Å². The van der Waals surface area contributed by atoms with Crippen LogP contribution in [0.1, 0.15) is 29.6 Å². The summed E-state index contributed by atoms with van der Waals surface area (Å²) in [6.07, 6.45) is 2.19. The van der Waals surface area contributed by atoms with Gasteiger partial charge in [0, 0.05) is 24.3 Å². The van der Waals surface area contributed by atoms with Crippen LogP contribution in [0.3, 0.4) is 0 Å². The van der Waals surface area contributed by atoms with Crippen molar-refractivity contribution in [1.29, 1.82) is 0 Å². The van der Waals surface area contributed by atoms with Crippen molar-refractivity contribution in [3.05, 3.63) is 29.8 Å². The number of carboxylic acids is 1. The van der Waals surface area contributed by atoms with Crippen LogP contribution in [0.15, 0.2) is 24.3 Å². The van der Waals surface area contributed by atoms with Gasteiger partial charge in [0.2, 0.25) is 0 Å². The van der Waals surface area contributed by atoms with E-state index in [1.165, 1.54) is 0 Å². The quantitative estimate of drug-likeness (QED) is 0.784. The molecule has 1 unspecified atom stereocenters. The number of likely N-dealkylation sites (tertiary alicyclic amines) is 1. The fourth-order valence-corrected chi connectivity index (χ4v) is 3.46. The molecule has 1 atom stereocenters. The number of aliphatic carboxylic acids is 1. The van der Waals surface area contributed by atoms with E-state index in [-0.39, 0.29) is 17.2 Å². The summed E-state index contributed by atoms with van der Waals surface area (Å²) < 4.78 is 0. The van der Waals surface area contributed by atoms with E-state index >= 15 is 0 Å². The number of rotatable bonds is 3. The molecule has 4 N–H and O–H groups in total. The van der Waals surface area contributed by atoms with Crippen LogP contribution in [-0.2, 0) is 4.79 Å². The number of carbonyl (C=O) groups is 3. The van der Waals surface area contributed by atoms with Gasteiger partial charge in [0.25, 0.3) is 5.91 Å². The molecule has 3 rings (SSSR count). The van der Waals surface area contributed by atoms with E-state index in [1.54, 1.807) is 29.2 Å². The van der Waals surface area contributed by atoms with E-state index in [4.69, 9.17) is 10.8 Å². The maximum Gasteiger partial charge on any atom is 0.316 e. The average molecular weight is 317 g/mol. The van der Waals surface area contributed by atoms with Crippen molar-refractivity contribution in [1.82, 2.24) is 4.90 Å². The fraction of sp³-hybridized carbons (Fsp3) is 0.438. The summed E-state index contributed by atoms with van der Waals surface area (Å²) in [7, 11) is 0. The molecule has 0 aromatic heterocycles. The Morgan fingerprint density at radius 2 is 1.96 bits per heavy atom. The van der Waals surface area contributed by atoms with Gasteiger partial charge in [-0.25, -0.2) is 4.79 Å². The molecule has 1 heterocycles. The van der Waals surface area contributed by atoms with Gasteiger partial charge in [-0.15, -0.1) is 0 Å². The van der Waals surface area contributed by atoms with Crippen molar-refractivity contribution in [3.8, 4) is 0 Å². The number of nitrogens with zero attached hydrogens (tertiary/aromatic N) is 1. The molecule has 23 heavy (non-hydrogen) atoms. The lowest BCUT2D eigenvalue weighted by Crippen LogP contribution is -2.40. The first-order chi connectivity index (χ1) is 10.9. The molecule has 1 aromatic rings. The van der Waals surface area contributed by atoms with E-state index in [2.05, 4.69) is 5.32 Å². The first-order valence-electron chi connectivity index (χ1n) is 7.60.